The topological polar surface area (TPSA) is 25.8 Å². The summed E-state index contributed by atoms with van der Waals surface area (Å²) in [6.07, 6.45) is 2.21. The second kappa shape index (κ2) is 13.3. The van der Waals surface area contributed by atoms with Gasteiger partial charge in [-0.05, 0) is 39.7 Å². The maximum atomic E-state index is 12.8. The van der Waals surface area contributed by atoms with Crippen LogP contribution in [0.1, 0.15) is 29.1 Å². The summed E-state index contributed by atoms with van der Waals surface area (Å²) in [4.78, 5) is 8.97. The molecule has 1 radical (unpaired) electrons. The second-order valence-corrected chi connectivity index (χ2v) is 23.8. The van der Waals surface area contributed by atoms with Gasteiger partial charge in [-0.25, -0.2) is 0 Å². The summed E-state index contributed by atoms with van der Waals surface area (Å²) in [6.45, 7) is 5.77. The summed E-state index contributed by atoms with van der Waals surface area (Å²) < 4.78 is 33.7. The van der Waals surface area contributed by atoms with Gasteiger partial charge in [-0.1, -0.05) is 56.0 Å². The van der Waals surface area contributed by atoms with Crippen molar-refractivity contribution in [3.8, 4) is 22.5 Å². The fourth-order valence-corrected chi connectivity index (χ4v) is 7.90. The van der Waals surface area contributed by atoms with E-state index in [1.54, 1.807) is 29.7 Å². The quantitative estimate of drug-likeness (QED) is 0.131. The predicted molar refractivity (Wildman–Crippen MR) is 176 cm³/mol. The minimum Gasteiger partial charge on any atom is 0 e. The third-order valence-corrected chi connectivity index (χ3v) is 12.0. The summed E-state index contributed by atoms with van der Waals surface area (Å²) in [5, 5.41) is 2.44. The molecule has 3 aromatic carbocycles. The standard InChI is InChI=1S/C22H20NS.C14H15FGeN.Ir/c1-22(2,3)14-15-11-12-23-19(13-15)18-9-6-8-17-16-7-4-5-10-20(16)24-21(17)18;1-16(2,3)13-8-9-14(17-10-13)11-4-6-12(15)7-5-11;/h4-8,10-13H,14H2,1-3H3;4,6-10H,1-3H3;/q2*-1;/i14D2;;. The van der Waals surface area contributed by atoms with E-state index < -0.39 is 25.1 Å². The Hall–Kier alpha value is -2.70. The molecule has 0 atom stereocenters. The molecule has 0 fully saturated rings. The van der Waals surface area contributed by atoms with Gasteiger partial charge in [-0.2, -0.15) is 11.3 Å². The van der Waals surface area contributed by atoms with Crippen LogP contribution in [0.15, 0.2) is 91.3 Å². The third kappa shape index (κ3) is 7.82. The average molecular weight is 814 g/mol. The van der Waals surface area contributed by atoms with Crippen molar-refractivity contribution in [1.82, 2.24) is 9.97 Å². The number of thiophene rings is 1. The van der Waals surface area contributed by atoms with Crippen molar-refractivity contribution in [2.24, 2.45) is 5.41 Å². The summed E-state index contributed by atoms with van der Waals surface area (Å²) in [5.41, 5.74) is 3.54. The van der Waals surface area contributed by atoms with E-state index in [2.05, 4.69) is 75.8 Å². The molecular formula is C36H35FGeIrN2S-2. The number of fused-ring (bicyclic) bond motifs is 3. The molecule has 3 heterocycles. The minimum absolute atomic E-state index is 0. The van der Waals surface area contributed by atoms with Crippen molar-refractivity contribution in [2.75, 3.05) is 0 Å². The molecule has 6 rings (SSSR count). The van der Waals surface area contributed by atoms with Gasteiger partial charge in [0.1, 0.15) is 0 Å². The zero-order chi connectivity index (χ0) is 31.0. The van der Waals surface area contributed by atoms with Crippen molar-refractivity contribution < 1.29 is 27.2 Å². The number of hydrogen-bond acceptors (Lipinski definition) is 3. The van der Waals surface area contributed by atoms with Gasteiger partial charge in [0.05, 0.1) is 0 Å². The number of rotatable bonds is 4. The molecule has 0 amide bonds. The Labute approximate surface area is 272 Å². The molecule has 0 saturated carbocycles. The molecule has 0 bridgehead atoms. The van der Waals surface area contributed by atoms with Crippen molar-refractivity contribution in [2.45, 2.75) is 44.4 Å². The fourth-order valence-electron chi connectivity index (χ4n) is 4.52. The van der Waals surface area contributed by atoms with E-state index >= 15 is 0 Å². The molecule has 42 heavy (non-hydrogen) atoms. The predicted octanol–water partition coefficient (Wildman–Crippen LogP) is 9.74. The smallest absolute Gasteiger partial charge is 0 e. The SMILES string of the molecule is [2H]C([2H])(c1ccnc(-c2[c-]ccc3c2sc2ccccc23)c1)C(C)(C)C.[CH3][Ge]([CH3])([CH3])[c]1ccc(-c2[c-]cc(F)cc2)nc1.[Ir]. The molecule has 2 nitrogen and oxygen atoms in total. The van der Waals surface area contributed by atoms with Gasteiger partial charge in [-0.3, -0.25) is 0 Å². The van der Waals surface area contributed by atoms with Crippen LogP contribution in [-0.2, 0) is 26.5 Å². The van der Waals surface area contributed by atoms with Crippen LogP contribution in [0.2, 0.25) is 17.3 Å². The van der Waals surface area contributed by atoms with Gasteiger partial charge in [0.25, 0.3) is 0 Å². The van der Waals surface area contributed by atoms with Crippen LogP contribution in [0.25, 0.3) is 42.7 Å². The number of pyridine rings is 2. The Morgan fingerprint density at radius 2 is 1.69 bits per heavy atom. The van der Waals surface area contributed by atoms with Crippen LogP contribution >= 0.6 is 11.3 Å². The van der Waals surface area contributed by atoms with Gasteiger partial charge >= 0.3 is 104 Å². The van der Waals surface area contributed by atoms with Gasteiger partial charge < -0.3 is 4.98 Å². The van der Waals surface area contributed by atoms with E-state index in [-0.39, 0.29) is 25.9 Å². The molecule has 0 aliphatic rings. The first-order valence-electron chi connectivity index (χ1n) is 14.7. The van der Waals surface area contributed by atoms with Crippen LogP contribution in [0.4, 0.5) is 4.39 Å². The Kier molecular flexibility index (Phi) is 9.30. The molecular weight excluding hydrogens is 776 g/mol. The molecule has 0 aliphatic carbocycles. The number of nitrogens with zero attached hydrogens (tertiary/aromatic N) is 2. The maximum absolute atomic E-state index is 12.8. The minimum atomic E-state index is -1.79. The summed E-state index contributed by atoms with van der Waals surface area (Å²) in [7, 11) is 0. The first-order chi connectivity index (χ1) is 20.3. The molecule has 0 spiro atoms. The molecule has 0 N–H and O–H groups in total. The largest absolute Gasteiger partial charge is 0 e. The first kappa shape index (κ1) is 29.4. The Morgan fingerprint density at radius 1 is 0.905 bits per heavy atom. The zero-order valence-corrected chi connectivity index (χ0v) is 30.0. The second-order valence-electron chi connectivity index (χ2n) is 12.1. The number of hydrogen-bond donors (Lipinski definition) is 0. The molecule has 0 unspecified atom stereocenters. The number of benzene rings is 3. The van der Waals surface area contributed by atoms with Crippen LogP contribution in [-0.4, -0.2) is 23.2 Å². The summed E-state index contributed by atoms with van der Waals surface area (Å²) in [5.74, 6) is 6.73. The molecule has 0 saturated heterocycles. The van der Waals surface area contributed by atoms with Crippen molar-refractivity contribution in [1.29, 1.82) is 0 Å². The Bertz CT molecular complexity index is 1880. The van der Waals surface area contributed by atoms with Gasteiger partial charge in [0, 0.05) is 33.7 Å². The molecule has 3 aromatic heterocycles. The van der Waals surface area contributed by atoms with Crippen molar-refractivity contribution in [3.05, 3.63) is 115 Å². The van der Waals surface area contributed by atoms with E-state index in [4.69, 9.17) is 2.74 Å². The van der Waals surface area contributed by atoms with Crippen molar-refractivity contribution >= 4 is 49.2 Å². The normalized spacial score (nSPS) is 12.6. The van der Waals surface area contributed by atoms with E-state index in [0.29, 0.717) is 5.56 Å². The third-order valence-electron chi connectivity index (χ3n) is 6.55. The van der Waals surface area contributed by atoms with Crippen LogP contribution in [0.3, 0.4) is 0 Å². The van der Waals surface area contributed by atoms with Crippen LogP contribution in [0, 0.1) is 23.4 Å². The van der Waals surface area contributed by atoms with Crippen LogP contribution in [0.5, 0.6) is 0 Å². The fraction of sp³-hybridized carbons (Fsp3) is 0.222. The van der Waals surface area contributed by atoms with Crippen LogP contribution < -0.4 is 4.40 Å². The molecule has 0 aliphatic heterocycles. The van der Waals surface area contributed by atoms with E-state index in [9.17, 15) is 4.39 Å². The summed E-state index contributed by atoms with van der Waals surface area (Å²) in [6, 6.07) is 30.9. The van der Waals surface area contributed by atoms with Gasteiger partial charge in [-0.15, -0.1) is 23.8 Å². The van der Waals surface area contributed by atoms with Gasteiger partial charge in [0.2, 0.25) is 0 Å². The van der Waals surface area contributed by atoms with Gasteiger partial charge in [0.15, 0.2) is 0 Å². The number of halogens is 1. The molecule has 217 valence electrons. The maximum Gasteiger partial charge on any atom is 0 e. The Morgan fingerprint density at radius 3 is 2.36 bits per heavy atom. The van der Waals surface area contributed by atoms with Crippen molar-refractivity contribution in [3.63, 3.8) is 0 Å². The average Bonchev–Trinajstić information content (AvgIpc) is 3.36. The Balaban J connectivity index is 0.000000214. The van der Waals surface area contributed by atoms with E-state index in [0.717, 1.165) is 27.2 Å². The molecule has 6 heteroatoms. The first-order valence-corrected chi connectivity index (χ1v) is 21.8. The number of aromatic nitrogens is 2. The summed E-state index contributed by atoms with van der Waals surface area (Å²) >= 11 is -0.0498. The van der Waals surface area contributed by atoms with E-state index in [1.807, 2.05) is 45.2 Å². The monoisotopic (exact) mass is 815 g/mol. The zero-order valence-electron chi connectivity index (χ0n) is 26.7. The molecule has 6 aromatic rings. The van der Waals surface area contributed by atoms with E-state index in [1.165, 1.54) is 32.0 Å².